The number of hydrogen-bond donors (Lipinski definition) is 1. The van der Waals surface area contributed by atoms with Gasteiger partial charge in [-0.05, 0) is 23.3 Å². The molecule has 0 bridgehead atoms. The quantitative estimate of drug-likeness (QED) is 0.660. The van der Waals surface area contributed by atoms with Gasteiger partial charge in [0, 0.05) is 22.5 Å². The lowest BCUT2D eigenvalue weighted by molar-refractivity contribution is 0.580. The van der Waals surface area contributed by atoms with E-state index in [0.29, 0.717) is 10.6 Å². The molecule has 3 aromatic rings. The molecule has 1 heterocycles. The van der Waals surface area contributed by atoms with E-state index in [2.05, 4.69) is 21.8 Å². The van der Waals surface area contributed by atoms with Crippen molar-refractivity contribution in [2.75, 3.05) is 0 Å². The van der Waals surface area contributed by atoms with E-state index >= 15 is 0 Å². The lowest BCUT2D eigenvalue weighted by Crippen LogP contribution is -2.24. The molecular weight excluding hydrogens is 376 g/mol. The van der Waals surface area contributed by atoms with Crippen LogP contribution in [0.5, 0.6) is 0 Å². The number of aromatic nitrogens is 1. The Hall–Kier alpha value is -1.73. The molecule has 4 nitrogen and oxygen atoms in total. The minimum absolute atomic E-state index is 0.0770. The van der Waals surface area contributed by atoms with Gasteiger partial charge in [0.25, 0.3) is 0 Å². The van der Waals surface area contributed by atoms with E-state index in [1.165, 1.54) is 16.9 Å². The fourth-order valence-corrected chi connectivity index (χ4v) is 4.54. The van der Waals surface area contributed by atoms with Crippen LogP contribution >= 0.6 is 22.9 Å². The van der Waals surface area contributed by atoms with E-state index in [4.69, 9.17) is 11.6 Å². The summed E-state index contributed by atoms with van der Waals surface area (Å²) < 4.78 is 27.0. The van der Waals surface area contributed by atoms with Crippen molar-refractivity contribution in [3.05, 3.63) is 86.8 Å². The zero-order chi connectivity index (χ0) is 17.7. The van der Waals surface area contributed by atoms with E-state index in [1.54, 1.807) is 30.5 Å². The van der Waals surface area contributed by atoms with Crippen molar-refractivity contribution in [2.24, 2.45) is 0 Å². The number of benzene rings is 2. The van der Waals surface area contributed by atoms with Crippen LogP contribution in [0.2, 0.25) is 5.02 Å². The molecule has 0 atom stereocenters. The average molecular weight is 393 g/mol. The van der Waals surface area contributed by atoms with Crippen LogP contribution in [0.3, 0.4) is 0 Å². The minimum Gasteiger partial charge on any atom is -0.248 e. The summed E-state index contributed by atoms with van der Waals surface area (Å²) in [5, 5.41) is 1.34. The Bertz CT molecular complexity index is 923. The lowest BCUT2D eigenvalue weighted by atomic mass is 10.1. The summed E-state index contributed by atoms with van der Waals surface area (Å²) >= 11 is 7.33. The highest BCUT2D eigenvalue weighted by Crippen LogP contribution is 2.18. The summed E-state index contributed by atoms with van der Waals surface area (Å²) in [5.74, 6) is -0.0770. The first kappa shape index (κ1) is 18.1. The Morgan fingerprint density at radius 1 is 1.00 bits per heavy atom. The van der Waals surface area contributed by atoms with Gasteiger partial charge in [0.05, 0.1) is 12.3 Å². The van der Waals surface area contributed by atoms with Crippen molar-refractivity contribution in [3.8, 4) is 0 Å². The molecule has 1 N–H and O–H groups in total. The second-order valence-electron chi connectivity index (χ2n) is 5.59. The molecule has 3 rings (SSSR count). The van der Waals surface area contributed by atoms with Gasteiger partial charge in [-0.1, -0.05) is 54.1 Å². The van der Waals surface area contributed by atoms with Crippen LogP contribution in [0, 0.1) is 0 Å². The third-order valence-electron chi connectivity index (χ3n) is 3.54. The highest BCUT2D eigenvalue weighted by Gasteiger charge is 2.13. The molecule has 0 aliphatic rings. The molecule has 0 saturated carbocycles. The first-order chi connectivity index (χ1) is 12.0. The maximum Gasteiger partial charge on any atom is 0.216 e. The van der Waals surface area contributed by atoms with Gasteiger partial charge in [-0.15, -0.1) is 11.3 Å². The molecule has 0 unspecified atom stereocenters. The third kappa shape index (κ3) is 5.64. The standard InChI is InChI=1S/C18H17ClN2O2S2/c19-16-8-6-15(7-9-16)13-25(22,23)21-12-18-20-11-17(24-18)10-14-4-2-1-3-5-14/h1-9,11,21H,10,12-13H2. The van der Waals surface area contributed by atoms with Crippen LogP contribution in [-0.4, -0.2) is 13.4 Å². The summed E-state index contributed by atoms with van der Waals surface area (Å²) in [6.07, 6.45) is 2.61. The van der Waals surface area contributed by atoms with Gasteiger partial charge in [0.2, 0.25) is 10.0 Å². The normalized spacial score (nSPS) is 11.6. The third-order valence-corrected chi connectivity index (χ3v) is 6.08. The summed E-state index contributed by atoms with van der Waals surface area (Å²) in [6.45, 7) is 0.204. The fourth-order valence-electron chi connectivity index (χ4n) is 2.33. The van der Waals surface area contributed by atoms with E-state index in [1.807, 2.05) is 18.2 Å². The Kier molecular flexibility index (Phi) is 5.86. The Balaban J connectivity index is 1.56. The molecule has 0 fully saturated rings. The van der Waals surface area contributed by atoms with Gasteiger partial charge in [0.15, 0.2) is 0 Å². The van der Waals surface area contributed by atoms with Crippen molar-refractivity contribution in [3.63, 3.8) is 0 Å². The Labute approximate surface area is 156 Å². The Morgan fingerprint density at radius 3 is 2.44 bits per heavy atom. The molecular formula is C18H17ClN2O2S2. The first-order valence-electron chi connectivity index (χ1n) is 7.69. The van der Waals surface area contributed by atoms with Crippen LogP contribution in [-0.2, 0) is 28.7 Å². The predicted molar refractivity (Wildman–Crippen MR) is 102 cm³/mol. The van der Waals surface area contributed by atoms with Gasteiger partial charge in [-0.3, -0.25) is 0 Å². The van der Waals surface area contributed by atoms with Crippen molar-refractivity contribution < 1.29 is 8.42 Å². The smallest absolute Gasteiger partial charge is 0.216 e. The van der Waals surface area contributed by atoms with Crippen LogP contribution in [0.15, 0.2) is 60.8 Å². The number of thiazole rings is 1. The number of rotatable bonds is 7. The maximum atomic E-state index is 12.2. The molecule has 25 heavy (non-hydrogen) atoms. The minimum atomic E-state index is -3.42. The topological polar surface area (TPSA) is 59.1 Å². The number of nitrogens with zero attached hydrogens (tertiary/aromatic N) is 1. The summed E-state index contributed by atoms with van der Waals surface area (Å²) in [6, 6.07) is 16.9. The van der Waals surface area contributed by atoms with E-state index in [-0.39, 0.29) is 12.3 Å². The molecule has 0 amide bonds. The van der Waals surface area contributed by atoms with Crippen molar-refractivity contribution in [2.45, 2.75) is 18.7 Å². The number of halogens is 1. The monoisotopic (exact) mass is 392 g/mol. The SMILES string of the molecule is O=S(=O)(Cc1ccc(Cl)cc1)NCc1ncc(Cc2ccccc2)s1. The molecule has 0 aliphatic carbocycles. The van der Waals surface area contributed by atoms with Gasteiger partial charge >= 0.3 is 0 Å². The van der Waals surface area contributed by atoms with Gasteiger partial charge in [-0.25, -0.2) is 18.1 Å². The highest BCUT2D eigenvalue weighted by atomic mass is 35.5. The molecule has 7 heteroatoms. The zero-order valence-electron chi connectivity index (χ0n) is 13.4. The molecule has 0 saturated heterocycles. The lowest BCUT2D eigenvalue weighted by Gasteiger charge is -2.05. The molecule has 0 aliphatic heterocycles. The second-order valence-corrected chi connectivity index (χ2v) is 9.03. The number of nitrogens with one attached hydrogen (secondary N) is 1. The van der Waals surface area contributed by atoms with Crippen LogP contribution < -0.4 is 4.72 Å². The zero-order valence-corrected chi connectivity index (χ0v) is 15.7. The van der Waals surface area contributed by atoms with Gasteiger partial charge in [-0.2, -0.15) is 0 Å². The summed E-state index contributed by atoms with van der Waals surface area (Å²) in [4.78, 5) is 5.42. The molecule has 0 spiro atoms. The Morgan fingerprint density at radius 2 is 1.72 bits per heavy atom. The number of hydrogen-bond acceptors (Lipinski definition) is 4. The fraction of sp³-hybridized carbons (Fsp3) is 0.167. The second kappa shape index (κ2) is 8.10. The van der Waals surface area contributed by atoms with Crippen molar-refractivity contribution in [1.29, 1.82) is 0 Å². The van der Waals surface area contributed by atoms with E-state index in [0.717, 1.165) is 16.3 Å². The van der Waals surface area contributed by atoms with Crippen LogP contribution in [0.25, 0.3) is 0 Å². The number of sulfonamides is 1. The van der Waals surface area contributed by atoms with E-state index < -0.39 is 10.0 Å². The molecule has 1 aromatic heterocycles. The highest BCUT2D eigenvalue weighted by molar-refractivity contribution is 7.88. The first-order valence-corrected chi connectivity index (χ1v) is 10.5. The largest absolute Gasteiger partial charge is 0.248 e. The van der Waals surface area contributed by atoms with Gasteiger partial charge in [0.1, 0.15) is 5.01 Å². The summed E-state index contributed by atoms with van der Waals surface area (Å²) in [7, 11) is -3.42. The summed E-state index contributed by atoms with van der Waals surface area (Å²) in [5.41, 5.74) is 1.90. The van der Waals surface area contributed by atoms with Crippen molar-refractivity contribution >= 4 is 33.0 Å². The van der Waals surface area contributed by atoms with Gasteiger partial charge < -0.3 is 0 Å². The molecule has 0 radical (unpaired) electrons. The van der Waals surface area contributed by atoms with Crippen LogP contribution in [0.1, 0.15) is 21.0 Å². The molecule has 2 aromatic carbocycles. The predicted octanol–water partition coefficient (Wildman–Crippen LogP) is 4.01. The van der Waals surface area contributed by atoms with Crippen molar-refractivity contribution in [1.82, 2.24) is 9.71 Å². The average Bonchev–Trinajstić information content (AvgIpc) is 3.04. The van der Waals surface area contributed by atoms with E-state index in [9.17, 15) is 8.42 Å². The molecule has 130 valence electrons. The maximum absolute atomic E-state index is 12.2. The van der Waals surface area contributed by atoms with Crippen LogP contribution in [0.4, 0.5) is 0 Å².